The predicted octanol–water partition coefficient (Wildman–Crippen LogP) is 1.20. The quantitative estimate of drug-likeness (QED) is 0.577. The van der Waals surface area contributed by atoms with Crippen LogP contribution in [-0.4, -0.2) is 20.8 Å². The van der Waals surface area contributed by atoms with Gasteiger partial charge in [0.25, 0.3) is 5.91 Å². The van der Waals surface area contributed by atoms with Gasteiger partial charge in [0.2, 0.25) is 0 Å². The maximum atomic E-state index is 12.0. The van der Waals surface area contributed by atoms with E-state index in [1.54, 1.807) is 10.7 Å². The number of hydrogen-bond donors (Lipinski definition) is 3. The summed E-state index contributed by atoms with van der Waals surface area (Å²) < 4.78 is 1.73. The molecule has 0 radical (unpaired) electrons. The fraction of sp³-hybridized carbons (Fsp3) is 0.286. The van der Waals surface area contributed by atoms with Crippen molar-refractivity contribution in [2.75, 3.05) is 5.73 Å². The van der Waals surface area contributed by atoms with Crippen LogP contribution in [0.5, 0.6) is 5.75 Å². The number of nitrogens with two attached hydrogens (primary N) is 1. The third-order valence-corrected chi connectivity index (χ3v) is 3.06. The molecule has 2 aromatic rings. The number of benzene rings is 1. The Morgan fingerprint density at radius 1 is 1.50 bits per heavy atom. The minimum absolute atomic E-state index is 0.0896. The lowest BCUT2D eigenvalue weighted by Crippen LogP contribution is -2.23. The number of rotatable bonds is 4. The molecule has 1 heterocycles. The standard InChI is InChI=1S/C14H18N4O2/c1-3-12-10(8-18(2)17-12)7-16-14(20)9-4-5-11(15)13(19)6-9/h4-6,8,19H,3,7,15H2,1-2H3,(H,16,20). The van der Waals surface area contributed by atoms with Crippen molar-refractivity contribution in [1.29, 1.82) is 0 Å². The van der Waals surface area contributed by atoms with Crippen LogP contribution in [0.4, 0.5) is 5.69 Å². The molecule has 6 heteroatoms. The smallest absolute Gasteiger partial charge is 0.251 e. The highest BCUT2D eigenvalue weighted by atomic mass is 16.3. The van der Waals surface area contributed by atoms with E-state index in [0.717, 1.165) is 17.7 Å². The number of carbonyl (C=O) groups excluding carboxylic acids is 1. The van der Waals surface area contributed by atoms with Gasteiger partial charge in [-0.1, -0.05) is 6.92 Å². The normalized spacial score (nSPS) is 10.5. The first kappa shape index (κ1) is 13.9. The summed E-state index contributed by atoms with van der Waals surface area (Å²) in [7, 11) is 1.85. The van der Waals surface area contributed by atoms with Gasteiger partial charge in [-0.3, -0.25) is 9.48 Å². The first-order valence-corrected chi connectivity index (χ1v) is 6.39. The molecule has 6 nitrogen and oxygen atoms in total. The van der Waals surface area contributed by atoms with E-state index in [1.807, 2.05) is 20.2 Å². The van der Waals surface area contributed by atoms with E-state index in [2.05, 4.69) is 10.4 Å². The van der Waals surface area contributed by atoms with Gasteiger partial charge in [-0.25, -0.2) is 0 Å². The molecule has 0 aliphatic heterocycles. The Balaban J connectivity index is 2.06. The molecule has 1 amide bonds. The maximum absolute atomic E-state index is 12.0. The fourth-order valence-corrected chi connectivity index (χ4v) is 1.99. The van der Waals surface area contributed by atoms with Crippen LogP contribution in [0.1, 0.15) is 28.5 Å². The highest BCUT2D eigenvalue weighted by molar-refractivity contribution is 5.95. The SMILES string of the molecule is CCc1nn(C)cc1CNC(=O)c1ccc(N)c(O)c1. The van der Waals surface area contributed by atoms with Crippen LogP contribution in [0.25, 0.3) is 0 Å². The van der Waals surface area contributed by atoms with Crippen LogP contribution in [0, 0.1) is 0 Å². The summed E-state index contributed by atoms with van der Waals surface area (Å²) in [5.74, 6) is -0.348. The first-order chi connectivity index (χ1) is 9.51. The largest absolute Gasteiger partial charge is 0.506 e. The second kappa shape index (κ2) is 5.64. The number of nitrogens with one attached hydrogen (secondary N) is 1. The van der Waals surface area contributed by atoms with Crippen molar-refractivity contribution in [2.45, 2.75) is 19.9 Å². The van der Waals surface area contributed by atoms with Gasteiger partial charge < -0.3 is 16.2 Å². The molecule has 0 aliphatic carbocycles. The van der Waals surface area contributed by atoms with E-state index >= 15 is 0 Å². The van der Waals surface area contributed by atoms with Crippen molar-refractivity contribution >= 4 is 11.6 Å². The lowest BCUT2D eigenvalue weighted by Gasteiger charge is -2.06. The number of amides is 1. The van der Waals surface area contributed by atoms with E-state index in [1.165, 1.54) is 12.1 Å². The molecule has 0 fully saturated rings. The minimum Gasteiger partial charge on any atom is -0.506 e. The highest BCUT2D eigenvalue weighted by Gasteiger charge is 2.10. The van der Waals surface area contributed by atoms with E-state index in [9.17, 15) is 9.90 Å². The van der Waals surface area contributed by atoms with E-state index in [-0.39, 0.29) is 17.3 Å². The van der Waals surface area contributed by atoms with E-state index < -0.39 is 0 Å². The minimum atomic E-state index is -0.258. The molecule has 0 saturated carbocycles. The number of phenolic OH excluding ortho intramolecular Hbond substituents is 1. The molecule has 4 N–H and O–H groups in total. The average Bonchev–Trinajstić information content (AvgIpc) is 2.79. The van der Waals surface area contributed by atoms with E-state index in [4.69, 9.17) is 5.73 Å². The van der Waals surface area contributed by atoms with Gasteiger partial charge in [-0.2, -0.15) is 5.10 Å². The number of hydrogen-bond acceptors (Lipinski definition) is 4. The van der Waals surface area contributed by atoms with Crippen molar-refractivity contribution in [2.24, 2.45) is 7.05 Å². The summed E-state index contributed by atoms with van der Waals surface area (Å²) in [4.78, 5) is 12.0. The van der Waals surface area contributed by atoms with Gasteiger partial charge in [0, 0.05) is 30.9 Å². The van der Waals surface area contributed by atoms with Crippen molar-refractivity contribution in [3.63, 3.8) is 0 Å². The molecular formula is C14H18N4O2. The molecule has 0 bridgehead atoms. The number of aromatic hydroxyl groups is 1. The molecule has 2 rings (SSSR count). The molecule has 20 heavy (non-hydrogen) atoms. The third-order valence-electron chi connectivity index (χ3n) is 3.06. The second-order valence-electron chi connectivity index (χ2n) is 4.58. The van der Waals surface area contributed by atoms with Gasteiger partial charge in [0.15, 0.2) is 0 Å². The summed E-state index contributed by atoms with van der Waals surface area (Å²) in [6.07, 6.45) is 2.70. The van der Waals surface area contributed by atoms with Crippen LogP contribution in [0.2, 0.25) is 0 Å². The molecule has 106 valence electrons. The van der Waals surface area contributed by atoms with Gasteiger partial charge >= 0.3 is 0 Å². The Hall–Kier alpha value is -2.50. The summed E-state index contributed by atoms with van der Waals surface area (Å²) in [5, 5.41) is 16.6. The van der Waals surface area contributed by atoms with Crippen molar-refractivity contribution in [1.82, 2.24) is 15.1 Å². The Morgan fingerprint density at radius 2 is 2.25 bits per heavy atom. The average molecular weight is 274 g/mol. The Kier molecular flexibility index (Phi) is 3.93. The van der Waals surface area contributed by atoms with Crippen LogP contribution < -0.4 is 11.1 Å². The van der Waals surface area contributed by atoms with Crippen molar-refractivity contribution in [3.05, 3.63) is 41.2 Å². The number of carbonyl (C=O) groups is 1. The Labute approximate surface area is 117 Å². The zero-order valence-electron chi connectivity index (χ0n) is 11.6. The highest BCUT2D eigenvalue weighted by Crippen LogP contribution is 2.20. The van der Waals surface area contributed by atoms with Crippen LogP contribution in [-0.2, 0) is 20.0 Å². The van der Waals surface area contributed by atoms with Crippen LogP contribution in [0.3, 0.4) is 0 Å². The zero-order chi connectivity index (χ0) is 14.7. The molecule has 0 saturated heterocycles. The molecular weight excluding hydrogens is 256 g/mol. The second-order valence-corrected chi connectivity index (χ2v) is 4.58. The number of anilines is 1. The fourth-order valence-electron chi connectivity index (χ4n) is 1.99. The Morgan fingerprint density at radius 3 is 2.90 bits per heavy atom. The number of aryl methyl sites for hydroxylation is 2. The molecule has 1 aromatic carbocycles. The van der Waals surface area contributed by atoms with Gasteiger partial charge in [0.1, 0.15) is 5.75 Å². The van der Waals surface area contributed by atoms with Crippen molar-refractivity contribution < 1.29 is 9.90 Å². The maximum Gasteiger partial charge on any atom is 0.251 e. The van der Waals surface area contributed by atoms with Crippen LogP contribution >= 0.6 is 0 Å². The molecule has 0 atom stereocenters. The number of phenols is 1. The van der Waals surface area contributed by atoms with Gasteiger partial charge in [-0.15, -0.1) is 0 Å². The topological polar surface area (TPSA) is 93.2 Å². The van der Waals surface area contributed by atoms with Gasteiger partial charge in [-0.05, 0) is 24.6 Å². The predicted molar refractivity (Wildman–Crippen MR) is 76.3 cm³/mol. The summed E-state index contributed by atoms with van der Waals surface area (Å²) >= 11 is 0. The van der Waals surface area contributed by atoms with E-state index in [0.29, 0.717) is 12.1 Å². The molecule has 1 aromatic heterocycles. The molecule has 0 spiro atoms. The first-order valence-electron chi connectivity index (χ1n) is 6.39. The van der Waals surface area contributed by atoms with Crippen molar-refractivity contribution in [3.8, 4) is 5.75 Å². The summed E-state index contributed by atoms with van der Waals surface area (Å²) in [5.41, 5.74) is 8.08. The number of nitrogen functional groups attached to an aromatic ring is 1. The van der Waals surface area contributed by atoms with Gasteiger partial charge in [0.05, 0.1) is 11.4 Å². The zero-order valence-corrected chi connectivity index (χ0v) is 11.6. The van der Waals surface area contributed by atoms with Crippen LogP contribution in [0.15, 0.2) is 24.4 Å². The lowest BCUT2D eigenvalue weighted by atomic mass is 10.1. The summed E-state index contributed by atoms with van der Waals surface area (Å²) in [6, 6.07) is 4.44. The number of nitrogens with zero attached hydrogens (tertiary/aromatic N) is 2. The summed E-state index contributed by atoms with van der Waals surface area (Å²) in [6.45, 7) is 2.42. The molecule has 0 aliphatic rings. The Bertz CT molecular complexity index is 634. The number of aromatic nitrogens is 2. The third kappa shape index (κ3) is 2.90. The molecule has 0 unspecified atom stereocenters. The lowest BCUT2D eigenvalue weighted by molar-refractivity contribution is 0.0950. The monoisotopic (exact) mass is 274 g/mol.